The van der Waals surface area contributed by atoms with Crippen molar-refractivity contribution in [1.29, 1.82) is 0 Å². The van der Waals surface area contributed by atoms with Gasteiger partial charge in [-0.3, -0.25) is 4.79 Å². The molecule has 1 rings (SSSR count). The summed E-state index contributed by atoms with van der Waals surface area (Å²) in [4.78, 5) is 10.1. The highest BCUT2D eigenvalue weighted by atomic mass is 16.5. The quantitative estimate of drug-likeness (QED) is 0.394. The van der Waals surface area contributed by atoms with Crippen molar-refractivity contribution in [3.63, 3.8) is 0 Å². The molecule has 0 aromatic heterocycles. The Kier molecular flexibility index (Phi) is 0.934. The summed E-state index contributed by atoms with van der Waals surface area (Å²) in [6.45, 7) is 0.0312. The molecule has 4 heteroatoms. The highest BCUT2D eigenvalue weighted by Crippen LogP contribution is 1.78. The van der Waals surface area contributed by atoms with Crippen molar-refractivity contribution < 1.29 is 9.53 Å². The lowest BCUT2D eigenvalue weighted by Gasteiger charge is -1.99. The number of hydrogen-bond acceptors (Lipinski definition) is 3. The second kappa shape index (κ2) is 1.59. The highest BCUT2D eigenvalue weighted by Gasteiger charge is 2.03. The summed E-state index contributed by atoms with van der Waals surface area (Å²) in [6.07, 6.45) is 1.14. The zero-order valence-corrected chi connectivity index (χ0v) is 3.50. The molecular formula is C3H3N2O2. The van der Waals surface area contributed by atoms with Crippen LogP contribution in [0.5, 0.6) is 0 Å². The zero-order valence-electron chi connectivity index (χ0n) is 3.50. The number of rotatable bonds is 0. The second-order valence-corrected chi connectivity index (χ2v) is 1.03. The van der Waals surface area contributed by atoms with Crippen LogP contribution in [-0.4, -0.2) is 18.9 Å². The molecule has 0 aliphatic carbocycles. The fraction of sp³-hybridized carbons (Fsp3) is 0.333. The van der Waals surface area contributed by atoms with Crippen LogP contribution in [0.4, 0.5) is 0 Å². The maximum atomic E-state index is 10.1. The molecule has 0 bridgehead atoms. The standard InChI is InChI=1S/C3H3N2O2/c6-3-1-7-2-4-5-3/h2H,1H2. The van der Waals surface area contributed by atoms with Gasteiger partial charge < -0.3 is 4.74 Å². The van der Waals surface area contributed by atoms with E-state index in [0.29, 0.717) is 0 Å². The van der Waals surface area contributed by atoms with Crippen LogP contribution in [0.3, 0.4) is 0 Å². The molecule has 1 heterocycles. The molecule has 1 aliphatic rings. The summed E-state index contributed by atoms with van der Waals surface area (Å²) in [5.74, 6) is -0.331. The van der Waals surface area contributed by atoms with Crippen LogP contribution in [0.25, 0.3) is 0 Å². The van der Waals surface area contributed by atoms with Crippen molar-refractivity contribution in [3.8, 4) is 0 Å². The van der Waals surface area contributed by atoms with Crippen LogP contribution in [0.15, 0.2) is 5.10 Å². The normalized spacial score (nSPS) is 18.0. The van der Waals surface area contributed by atoms with E-state index in [1.54, 1.807) is 0 Å². The second-order valence-electron chi connectivity index (χ2n) is 1.03. The SMILES string of the molecule is O=C1COC=N[N]1. The number of ether oxygens (including phenoxy) is 1. The summed E-state index contributed by atoms with van der Waals surface area (Å²) in [5.41, 5.74) is 3.14. The van der Waals surface area contributed by atoms with E-state index in [9.17, 15) is 4.79 Å². The Hall–Kier alpha value is -1.06. The summed E-state index contributed by atoms with van der Waals surface area (Å²) in [5, 5.41) is 3.19. The van der Waals surface area contributed by atoms with Gasteiger partial charge in [0.1, 0.15) is 0 Å². The van der Waals surface area contributed by atoms with Crippen molar-refractivity contribution in [2.75, 3.05) is 6.61 Å². The van der Waals surface area contributed by atoms with Gasteiger partial charge in [0, 0.05) is 0 Å². The Morgan fingerprint density at radius 2 is 2.71 bits per heavy atom. The Balaban J connectivity index is 2.47. The largest absolute Gasteiger partial charge is 0.472 e. The van der Waals surface area contributed by atoms with Gasteiger partial charge in [0.25, 0.3) is 0 Å². The third kappa shape index (κ3) is 0.887. The molecule has 0 fully saturated rings. The molecule has 0 unspecified atom stereocenters. The fourth-order valence-corrected chi connectivity index (χ4v) is 0.259. The van der Waals surface area contributed by atoms with Gasteiger partial charge in [-0.2, -0.15) is 0 Å². The van der Waals surface area contributed by atoms with Crippen LogP contribution >= 0.6 is 0 Å². The summed E-state index contributed by atoms with van der Waals surface area (Å²) in [7, 11) is 0. The Morgan fingerprint density at radius 3 is 3.00 bits per heavy atom. The topological polar surface area (TPSA) is 52.8 Å². The lowest BCUT2D eigenvalue weighted by molar-refractivity contribution is -0.124. The lowest BCUT2D eigenvalue weighted by atomic mass is 10.7. The highest BCUT2D eigenvalue weighted by molar-refractivity contribution is 5.79. The molecule has 1 aliphatic heterocycles. The van der Waals surface area contributed by atoms with E-state index in [2.05, 4.69) is 15.3 Å². The van der Waals surface area contributed by atoms with Crippen molar-refractivity contribution in [1.82, 2.24) is 5.43 Å². The predicted molar refractivity (Wildman–Crippen MR) is 21.6 cm³/mol. The minimum atomic E-state index is -0.331. The lowest BCUT2D eigenvalue weighted by Crippen LogP contribution is -2.21. The van der Waals surface area contributed by atoms with E-state index >= 15 is 0 Å². The molecule has 0 N–H and O–H groups in total. The number of carbonyl (C=O) groups is 1. The van der Waals surface area contributed by atoms with Crippen LogP contribution in [0, 0.1) is 0 Å². The predicted octanol–water partition coefficient (Wildman–Crippen LogP) is -0.909. The first-order valence-corrected chi connectivity index (χ1v) is 1.76. The van der Waals surface area contributed by atoms with E-state index < -0.39 is 0 Å². The molecule has 0 atom stereocenters. The van der Waals surface area contributed by atoms with Crippen molar-refractivity contribution in [2.45, 2.75) is 0 Å². The molecular weight excluding hydrogens is 96.0 g/mol. The monoisotopic (exact) mass is 99.0 g/mol. The van der Waals surface area contributed by atoms with Crippen LogP contribution in [0.1, 0.15) is 0 Å². The zero-order chi connectivity index (χ0) is 5.11. The molecule has 0 saturated carbocycles. The third-order valence-electron chi connectivity index (χ3n) is 0.498. The van der Waals surface area contributed by atoms with Crippen LogP contribution in [0.2, 0.25) is 0 Å². The molecule has 37 valence electrons. The molecule has 0 spiro atoms. The van der Waals surface area contributed by atoms with Gasteiger partial charge in [-0.25, -0.2) is 0 Å². The van der Waals surface area contributed by atoms with Gasteiger partial charge in [-0.1, -0.05) is 0 Å². The van der Waals surface area contributed by atoms with E-state index in [1.807, 2.05) is 0 Å². The first-order chi connectivity index (χ1) is 3.39. The number of carbonyl (C=O) groups excluding carboxylic acids is 1. The maximum Gasteiger partial charge on any atom is 0.302 e. The minimum absolute atomic E-state index is 0.0312. The molecule has 0 aromatic rings. The molecule has 4 nitrogen and oxygen atoms in total. The average Bonchev–Trinajstić information content (AvgIpc) is 1.69. The van der Waals surface area contributed by atoms with Gasteiger partial charge in [0.05, 0.1) is 0 Å². The molecule has 1 radical (unpaired) electrons. The summed E-state index contributed by atoms with van der Waals surface area (Å²) < 4.78 is 4.45. The number of nitrogens with zero attached hydrogens (tertiary/aromatic N) is 2. The van der Waals surface area contributed by atoms with Crippen molar-refractivity contribution in [2.24, 2.45) is 5.10 Å². The summed E-state index contributed by atoms with van der Waals surface area (Å²) in [6, 6.07) is 0. The molecule has 0 saturated heterocycles. The minimum Gasteiger partial charge on any atom is -0.472 e. The number of amides is 1. The fourth-order valence-electron chi connectivity index (χ4n) is 0.259. The smallest absolute Gasteiger partial charge is 0.302 e. The van der Waals surface area contributed by atoms with Crippen LogP contribution < -0.4 is 5.43 Å². The van der Waals surface area contributed by atoms with Gasteiger partial charge >= 0.3 is 5.91 Å². The van der Waals surface area contributed by atoms with E-state index in [-0.39, 0.29) is 12.5 Å². The van der Waals surface area contributed by atoms with Crippen molar-refractivity contribution in [3.05, 3.63) is 0 Å². The third-order valence-corrected chi connectivity index (χ3v) is 0.498. The average molecular weight is 99.1 g/mol. The first kappa shape index (κ1) is 4.11. The van der Waals surface area contributed by atoms with Gasteiger partial charge in [0.15, 0.2) is 13.0 Å². The van der Waals surface area contributed by atoms with E-state index in [0.717, 1.165) is 6.40 Å². The van der Waals surface area contributed by atoms with Gasteiger partial charge in [-0.05, 0) is 0 Å². The summed E-state index contributed by atoms with van der Waals surface area (Å²) >= 11 is 0. The van der Waals surface area contributed by atoms with Crippen LogP contribution in [-0.2, 0) is 9.53 Å². The Morgan fingerprint density at radius 1 is 1.86 bits per heavy atom. The number of hydrogen-bond donors (Lipinski definition) is 0. The van der Waals surface area contributed by atoms with E-state index in [1.165, 1.54) is 0 Å². The maximum absolute atomic E-state index is 10.1. The Bertz CT molecular complexity index is 110. The molecule has 7 heavy (non-hydrogen) atoms. The first-order valence-electron chi connectivity index (χ1n) is 1.76. The Labute approximate surface area is 40.2 Å². The van der Waals surface area contributed by atoms with Gasteiger partial charge in [-0.15, -0.1) is 10.5 Å². The van der Waals surface area contributed by atoms with Crippen molar-refractivity contribution >= 4 is 12.3 Å². The molecule has 1 amide bonds. The molecule has 0 aromatic carbocycles. The van der Waals surface area contributed by atoms with E-state index in [4.69, 9.17) is 0 Å². The van der Waals surface area contributed by atoms with Gasteiger partial charge in [0.2, 0.25) is 0 Å².